The molecule has 3 heterocycles. The summed E-state index contributed by atoms with van der Waals surface area (Å²) in [4.78, 5) is 23.3. The van der Waals surface area contributed by atoms with Gasteiger partial charge in [0.15, 0.2) is 17.5 Å². The number of aromatic nitrogens is 9. The van der Waals surface area contributed by atoms with Crippen LogP contribution in [0.5, 0.6) is 0 Å². The van der Waals surface area contributed by atoms with Crippen LogP contribution in [0.3, 0.4) is 0 Å². The number of aryl methyl sites for hydroxylation is 3. The van der Waals surface area contributed by atoms with E-state index in [9.17, 15) is 0 Å². The zero-order valence-electron chi connectivity index (χ0n) is 24.7. The van der Waals surface area contributed by atoms with E-state index in [1.165, 1.54) is 0 Å². The summed E-state index contributed by atoms with van der Waals surface area (Å²) in [5.74, 6) is 3.85. The summed E-state index contributed by atoms with van der Waals surface area (Å²) in [6, 6.07) is 0. The van der Waals surface area contributed by atoms with Crippen molar-refractivity contribution in [3.8, 4) is 0 Å². The molecule has 0 aromatic carbocycles. The Labute approximate surface area is 232 Å². The molecule has 3 rings (SSSR count). The average Bonchev–Trinajstić information content (AvgIpc) is 3.33. The van der Waals surface area contributed by atoms with Crippen LogP contribution in [-0.4, -0.2) is 67.7 Å². The molecular formula is C23H42BN9O3Zn. The third-order valence-electron chi connectivity index (χ3n) is 5.07. The number of aliphatic carboxylic acids is 1. The Morgan fingerprint density at radius 3 is 0.973 bits per heavy atom. The van der Waals surface area contributed by atoms with Crippen LogP contribution < -0.4 is 0 Å². The van der Waals surface area contributed by atoms with Crippen molar-refractivity contribution in [1.29, 1.82) is 0 Å². The van der Waals surface area contributed by atoms with Gasteiger partial charge in [0.05, 0.1) is 0 Å². The van der Waals surface area contributed by atoms with Crippen LogP contribution in [0.15, 0.2) is 0 Å². The predicted octanol–water partition coefficient (Wildman–Crippen LogP) is 2.47. The van der Waals surface area contributed by atoms with E-state index in [1.807, 2.05) is 34.5 Å². The standard InChI is InChI=1S/C21H36BN9.C2H4O2.H2O.Zn/c1-13-23-16(19(4,5)6)26-29(13)22(30-14(2)24-17(27-30)20(7,8)9)31-15(3)25-18(28-31)21(10,11)12;1-2(3)4;;/h1-12H3;1H3,(H,3,4);1H2;. The van der Waals surface area contributed by atoms with Gasteiger partial charge < -0.3 is 10.6 Å². The fourth-order valence-electron chi connectivity index (χ4n) is 3.12. The van der Waals surface area contributed by atoms with Gasteiger partial charge in [0.2, 0.25) is 0 Å². The van der Waals surface area contributed by atoms with E-state index in [4.69, 9.17) is 40.1 Å². The molecule has 3 aromatic rings. The van der Waals surface area contributed by atoms with Crippen molar-refractivity contribution in [3.63, 3.8) is 0 Å². The molecule has 0 saturated carbocycles. The maximum absolute atomic E-state index is 9.00. The Morgan fingerprint density at radius 1 is 0.649 bits per heavy atom. The van der Waals surface area contributed by atoms with E-state index in [-0.39, 0.29) is 41.2 Å². The van der Waals surface area contributed by atoms with Gasteiger partial charge in [-0.05, 0) is 20.8 Å². The second-order valence-corrected chi connectivity index (χ2v) is 11.9. The van der Waals surface area contributed by atoms with Gasteiger partial charge in [-0.15, -0.1) is 0 Å². The van der Waals surface area contributed by atoms with Gasteiger partial charge in [0.1, 0.15) is 17.5 Å². The number of nitrogens with zero attached hydrogens (tertiary/aromatic N) is 9. The molecule has 0 fully saturated rings. The molecule has 0 spiro atoms. The molecule has 0 aliphatic heterocycles. The minimum Gasteiger partial charge on any atom is -0.481 e. The van der Waals surface area contributed by atoms with Crippen molar-refractivity contribution >= 4 is 13.1 Å². The van der Waals surface area contributed by atoms with Crippen LogP contribution >= 0.6 is 0 Å². The Kier molecular flexibility index (Phi) is 11.1. The molecule has 202 valence electrons. The van der Waals surface area contributed by atoms with Crippen LogP contribution in [0.2, 0.25) is 0 Å². The van der Waals surface area contributed by atoms with Gasteiger partial charge in [-0.3, -0.25) is 4.79 Å². The molecule has 14 heteroatoms. The summed E-state index contributed by atoms with van der Waals surface area (Å²) >= 11 is 0. The average molecular weight is 569 g/mol. The molecule has 0 bridgehead atoms. The summed E-state index contributed by atoms with van der Waals surface area (Å²) in [6.45, 7) is 25.9. The molecule has 12 nitrogen and oxygen atoms in total. The van der Waals surface area contributed by atoms with E-state index in [2.05, 4.69) is 62.3 Å². The first kappa shape index (κ1) is 34.5. The summed E-state index contributed by atoms with van der Waals surface area (Å²) in [5, 5.41) is 22.1. The van der Waals surface area contributed by atoms with Crippen LogP contribution in [0, 0.1) is 20.8 Å². The Hall–Kier alpha value is -2.46. The maximum atomic E-state index is 9.00. The van der Waals surface area contributed by atoms with Gasteiger partial charge in [-0.25, -0.2) is 28.7 Å². The molecule has 0 aliphatic rings. The fourth-order valence-corrected chi connectivity index (χ4v) is 3.12. The van der Waals surface area contributed by atoms with E-state index >= 15 is 0 Å². The van der Waals surface area contributed by atoms with E-state index in [1.54, 1.807) is 0 Å². The molecule has 37 heavy (non-hydrogen) atoms. The largest absolute Gasteiger partial charge is 0.573 e. The molecule has 3 aromatic heterocycles. The van der Waals surface area contributed by atoms with Gasteiger partial charge in [0, 0.05) is 42.6 Å². The van der Waals surface area contributed by atoms with Gasteiger partial charge in [-0.1, -0.05) is 62.3 Å². The Morgan fingerprint density at radius 2 is 0.838 bits per heavy atom. The van der Waals surface area contributed by atoms with Crippen molar-refractivity contribution in [2.24, 2.45) is 0 Å². The maximum Gasteiger partial charge on any atom is 0.573 e. The van der Waals surface area contributed by atoms with Crippen LogP contribution in [0.1, 0.15) is 104 Å². The molecule has 3 N–H and O–H groups in total. The third-order valence-corrected chi connectivity index (χ3v) is 5.07. The van der Waals surface area contributed by atoms with Crippen LogP contribution in [0.25, 0.3) is 0 Å². The number of carbonyl (C=O) groups is 1. The molecule has 0 radical (unpaired) electrons. The molecule has 0 amide bonds. The van der Waals surface area contributed by atoms with Gasteiger partial charge >= 0.3 is 7.12 Å². The van der Waals surface area contributed by atoms with E-state index < -0.39 is 13.1 Å². The summed E-state index contributed by atoms with van der Waals surface area (Å²) in [6.07, 6.45) is 0. The molecule has 0 aliphatic carbocycles. The summed E-state index contributed by atoms with van der Waals surface area (Å²) < 4.78 is 5.63. The molecule has 0 saturated heterocycles. The van der Waals surface area contributed by atoms with E-state index in [0.717, 1.165) is 41.9 Å². The number of hydrogen-bond acceptors (Lipinski definition) is 7. The quantitative estimate of drug-likeness (QED) is 0.471. The minimum atomic E-state index is -0.833. The number of carboxylic acid groups (broad SMARTS) is 1. The SMILES string of the molecule is CC(=O)O.Cc1nc(C(C)(C)C)nn1B(n1nc(C(C)(C)C)nc1C)n1nc(C(C)(C)C)nc1C.O.[Zn]. The normalized spacial score (nSPS) is 11.7. The minimum absolute atomic E-state index is 0. The summed E-state index contributed by atoms with van der Waals surface area (Å²) in [7, 11) is -0.490. The van der Waals surface area contributed by atoms with Crippen LogP contribution in [-0.2, 0) is 40.5 Å². The molecule has 0 atom stereocenters. The molecule has 0 unspecified atom stereocenters. The monoisotopic (exact) mass is 567 g/mol. The Bertz CT molecular complexity index is 1060. The van der Waals surface area contributed by atoms with E-state index in [0.29, 0.717) is 0 Å². The van der Waals surface area contributed by atoms with Crippen molar-refractivity contribution in [2.45, 2.75) is 106 Å². The first-order chi connectivity index (χ1) is 15.7. The number of carboxylic acids is 1. The third kappa shape index (κ3) is 8.26. The van der Waals surface area contributed by atoms with Crippen LogP contribution in [0.4, 0.5) is 0 Å². The summed E-state index contributed by atoms with van der Waals surface area (Å²) in [5.41, 5.74) is -0.534. The van der Waals surface area contributed by atoms with Crippen molar-refractivity contribution < 1.29 is 34.9 Å². The second-order valence-electron chi connectivity index (χ2n) is 11.9. The zero-order chi connectivity index (χ0) is 27.1. The molecular weight excluding hydrogens is 527 g/mol. The van der Waals surface area contributed by atoms with Gasteiger partial charge in [-0.2, -0.15) is 15.3 Å². The fraction of sp³-hybridized carbons (Fsp3) is 0.696. The second kappa shape index (κ2) is 11.9. The smallest absolute Gasteiger partial charge is 0.481 e. The number of hydrogen-bond donors (Lipinski definition) is 1. The predicted molar refractivity (Wildman–Crippen MR) is 139 cm³/mol. The van der Waals surface area contributed by atoms with Crippen molar-refractivity contribution in [2.75, 3.05) is 0 Å². The van der Waals surface area contributed by atoms with Gasteiger partial charge in [0.25, 0.3) is 5.97 Å². The van der Waals surface area contributed by atoms with Crippen molar-refractivity contribution in [3.05, 3.63) is 34.9 Å². The first-order valence-electron chi connectivity index (χ1n) is 11.7. The topological polar surface area (TPSA) is 161 Å². The van der Waals surface area contributed by atoms with Crippen molar-refractivity contribution in [1.82, 2.24) is 44.0 Å². The Balaban J connectivity index is 0.00000201. The first-order valence-corrected chi connectivity index (χ1v) is 11.7. The number of rotatable bonds is 3. The zero-order valence-corrected chi connectivity index (χ0v) is 27.6.